The third-order valence-electron chi connectivity index (χ3n) is 3.38. The highest BCUT2D eigenvalue weighted by Gasteiger charge is 2.29. The molecule has 18 heavy (non-hydrogen) atoms. The van der Waals surface area contributed by atoms with E-state index < -0.39 is 0 Å². The van der Waals surface area contributed by atoms with Crippen LogP contribution in [0.5, 0.6) is 0 Å². The van der Waals surface area contributed by atoms with Gasteiger partial charge in [-0.1, -0.05) is 18.5 Å². The fourth-order valence-corrected chi connectivity index (χ4v) is 2.32. The van der Waals surface area contributed by atoms with Gasteiger partial charge in [-0.3, -0.25) is 0 Å². The summed E-state index contributed by atoms with van der Waals surface area (Å²) in [5.74, 6) is 2.49. The molecule has 2 rings (SSSR count). The molecule has 1 saturated carbocycles. The zero-order valence-corrected chi connectivity index (χ0v) is 12.5. The van der Waals surface area contributed by atoms with Crippen LogP contribution in [0.3, 0.4) is 0 Å². The Morgan fingerprint density at radius 1 is 1.33 bits per heavy atom. The van der Waals surface area contributed by atoms with Gasteiger partial charge >= 0.3 is 0 Å². The van der Waals surface area contributed by atoms with E-state index in [4.69, 9.17) is 16.6 Å². The summed E-state index contributed by atoms with van der Waals surface area (Å²) in [6.07, 6.45) is 3.51. The van der Waals surface area contributed by atoms with Gasteiger partial charge in [0.25, 0.3) is 0 Å². The van der Waals surface area contributed by atoms with Crippen molar-refractivity contribution in [3.63, 3.8) is 0 Å². The Balaban J connectivity index is 2.39. The molecule has 1 heterocycles. The van der Waals surface area contributed by atoms with Gasteiger partial charge in [-0.25, -0.2) is 9.97 Å². The molecule has 0 unspecified atom stereocenters. The van der Waals surface area contributed by atoms with Crippen LogP contribution >= 0.6 is 11.6 Å². The van der Waals surface area contributed by atoms with E-state index in [1.54, 1.807) is 0 Å². The lowest BCUT2D eigenvalue weighted by Gasteiger charge is -2.29. The number of hydrogen-bond donors (Lipinski definition) is 0. The minimum atomic E-state index is 0.432. The van der Waals surface area contributed by atoms with Crippen molar-refractivity contribution in [3.05, 3.63) is 16.5 Å². The Labute approximate surface area is 115 Å². The monoisotopic (exact) mass is 267 g/mol. The van der Waals surface area contributed by atoms with Crippen molar-refractivity contribution in [2.45, 2.75) is 58.9 Å². The van der Waals surface area contributed by atoms with Gasteiger partial charge in [0.1, 0.15) is 16.8 Å². The smallest absolute Gasteiger partial charge is 0.137 e. The fourth-order valence-electron chi connectivity index (χ4n) is 2.15. The molecular weight excluding hydrogens is 246 g/mol. The maximum atomic E-state index is 6.26. The van der Waals surface area contributed by atoms with Gasteiger partial charge in [-0.05, 0) is 40.0 Å². The van der Waals surface area contributed by atoms with Gasteiger partial charge in [0.15, 0.2) is 0 Å². The highest BCUT2D eigenvalue weighted by Crippen LogP contribution is 2.40. The normalized spacial score (nSPS) is 15.2. The van der Waals surface area contributed by atoms with Crippen LogP contribution in [0.1, 0.15) is 57.3 Å². The molecule has 1 aliphatic carbocycles. The van der Waals surface area contributed by atoms with Gasteiger partial charge < -0.3 is 4.90 Å². The Morgan fingerprint density at radius 3 is 2.50 bits per heavy atom. The number of rotatable bonds is 5. The van der Waals surface area contributed by atoms with Crippen LogP contribution in [0, 0.1) is 6.92 Å². The first kappa shape index (κ1) is 13.6. The van der Waals surface area contributed by atoms with Gasteiger partial charge in [-0.15, -0.1) is 0 Å². The van der Waals surface area contributed by atoms with Gasteiger partial charge in [0.05, 0.1) is 0 Å². The molecule has 1 fully saturated rings. The first-order valence-electron chi connectivity index (χ1n) is 6.85. The highest BCUT2D eigenvalue weighted by molar-refractivity contribution is 6.30. The van der Waals surface area contributed by atoms with Crippen molar-refractivity contribution in [3.8, 4) is 0 Å². The second kappa shape index (κ2) is 5.43. The van der Waals surface area contributed by atoms with Gasteiger partial charge in [0.2, 0.25) is 0 Å². The summed E-state index contributed by atoms with van der Waals surface area (Å²) in [6, 6.07) is 0.432. The molecule has 0 spiro atoms. The number of anilines is 1. The largest absolute Gasteiger partial charge is 0.354 e. The molecule has 0 N–H and O–H groups in total. The number of hydrogen-bond acceptors (Lipinski definition) is 3. The third kappa shape index (κ3) is 2.77. The summed E-state index contributed by atoms with van der Waals surface area (Å²) in [7, 11) is 0. The molecule has 0 radical (unpaired) electrons. The average Bonchev–Trinajstić information content (AvgIpc) is 3.13. The van der Waals surface area contributed by atoms with Crippen molar-refractivity contribution in [1.29, 1.82) is 0 Å². The quantitative estimate of drug-likeness (QED) is 0.757. The first-order valence-corrected chi connectivity index (χ1v) is 7.23. The zero-order valence-electron chi connectivity index (χ0n) is 11.7. The second-order valence-corrected chi connectivity index (χ2v) is 5.74. The minimum Gasteiger partial charge on any atom is -0.354 e. The summed E-state index contributed by atoms with van der Waals surface area (Å²) in [5, 5.41) is 0.614. The van der Waals surface area contributed by atoms with Crippen LogP contribution in [0.2, 0.25) is 5.15 Å². The molecular formula is C14H22ClN3. The summed E-state index contributed by atoms with van der Waals surface area (Å²) >= 11 is 6.26. The van der Waals surface area contributed by atoms with E-state index in [-0.39, 0.29) is 0 Å². The summed E-state index contributed by atoms with van der Waals surface area (Å²) in [6.45, 7) is 9.61. The predicted octanol–water partition coefficient (Wildman–Crippen LogP) is 3.94. The lowest BCUT2D eigenvalue weighted by molar-refractivity contribution is 0.655. The Hall–Kier alpha value is -0.830. The fraction of sp³-hybridized carbons (Fsp3) is 0.714. The van der Waals surface area contributed by atoms with Crippen molar-refractivity contribution in [2.24, 2.45) is 0 Å². The van der Waals surface area contributed by atoms with Crippen molar-refractivity contribution in [1.82, 2.24) is 9.97 Å². The van der Waals surface area contributed by atoms with E-state index in [2.05, 4.69) is 30.7 Å². The highest BCUT2D eigenvalue weighted by atomic mass is 35.5. The van der Waals surface area contributed by atoms with Crippen LogP contribution < -0.4 is 4.90 Å². The molecule has 0 saturated heterocycles. The van der Waals surface area contributed by atoms with Crippen LogP contribution in [-0.2, 0) is 0 Å². The first-order chi connectivity index (χ1) is 8.54. The van der Waals surface area contributed by atoms with Crippen LogP contribution in [0.15, 0.2) is 0 Å². The van der Waals surface area contributed by atoms with Crippen LogP contribution in [0.25, 0.3) is 0 Å². The van der Waals surface area contributed by atoms with Gasteiger partial charge in [-0.2, -0.15) is 0 Å². The van der Waals surface area contributed by atoms with E-state index in [9.17, 15) is 0 Å². The van der Waals surface area contributed by atoms with E-state index in [0.29, 0.717) is 17.1 Å². The molecule has 0 amide bonds. The number of aromatic nitrogens is 2. The molecule has 0 aromatic carbocycles. The van der Waals surface area contributed by atoms with E-state index >= 15 is 0 Å². The maximum Gasteiger partial charge on any atom is 0.137 e. The summed E-state index contributed by atoms with van der Waals surface area (Å²) in [5.41, 5.74) is 1.00. The van der Waals surface area contributed by atoms with Crippen molar-refractivity contribution in [2.75, 3.05) is 11.4 Å². The molecule has 100 valence electrons. The maximum absolute atomic E-state index is 6.26. The molecule has 0 bridgehead atoms. The molecule has 1 aliphatic rings. The topological polar surface area (TPSA) is 29.0 Å². The summed E-state index contributed by atoms with van der Waals surface area (Å²) < 4.78 is 0. The predicted molar refractivity (Wildman–Crippen MR) is 76.5 cm³/mol. The zero-order chi connectivity index (χ0) is 13.3. The molecule has 4 heteroatoms. The number of halogens is 1. The Bertz CT molecular complexity index is 427. The molecule has 1 aromatic heterocycles. The van der Waals surface area contributed by atoms with Crippen molar-refractivity contribution >= 4 is 17.4 Å². The van der Waals surface area contributed by atoms with E-state index in [1.165, 1.54) is 12.8 Å². The Kier molecular flexibility index (Phi) is 4.10. The third-order valence-corrected chi connectivity index (χ3v) is 3.75. The van der Waals surface area contributed by atoms with E-state index in [0.717, 1.165) is 30.2 Å². The Morgan fingerprint density at radius 2 is 2.00 bits per heavy atom. The van der Waals surface area contributed by atoms with Crippen molar-refractivity contribution < 1.29 is 0 Å². The molecule has 3 nitrogen and oxygen atoms in total. The second-order valence-electron chi connectivity index (χ2n) is 5.38. The lowest BCUT2D eigenvalue weighted by Crippen LogP contribution is -2.33. The SMILES string of the molecule is CCCN(c1nc(C2CC2)nc(Cl)c1C)C(C)C. The standard InChI is InChI=1S/C14H22ClN3/c1-5-8-18(9(2)3)14-10(4)12(15)16-13(17-14)11-6-7-11/h9,11H,5-8H2,1-4H3. The molecule has 1 aromatic rings. The van der Waals surface area contributed by atoms with Crippen LogP contribution in [-0.4, -0.2) is 22.6 Å². The molecule has 0 aliphatic heterocycles. The van der Waals surface area contributed by atoms with Gasteiger partial charge in [0, 0.05) is 24.1 Å². The summed E-state index contributed by atoms with van der Waals surface area (Å²) in [4.78, 5) is 11.5. The number of nitrogens with zero attached hydrogens (tertiary/aromatic N) is 3. The average molecular weight is 268 g/mol. The lowest BCUT2D eigenvalue weighted by atomic mass is 10.2. The minimum absolute atomic E-state index is 0.432. The molecule has 0 atom stereocenters. The van der Waals surface area contributed by atoms with E-state index in [1.807, 2.05) is 6.92 Å². The van der Waals surface area contributed by atoms with Crippen LogP contribution in [0.4, 0.5) is 5.82 Å².